The monoisotopic (exact) mass is 169 g/mol. The molecule has 0 aromatic carbocycles. The zero-order valence-corrected chi connectivity index (χ0v) is 7.45. The third kappa shape index (κ3) is 1.46. The van der Waals surface area contributed by atoms with Gasteiger partial charge in [0.2, 0.25) is 0 Å². The third-order valence-corrected chi connectivity index (χ3v) is 2.89. The van der Waals surface area contributed by atoms with E-state index in [0.717, 1.165) is 25.4 Å². The predicted octanol–water partition coefficient (Wildman–Crippen LogP) is 0.991. The van der Waals surface area contributed by atoms with E-state index in [-0.39, 0.29) is 12.2 Å². The zero-order valence-electron chi connectivity index (χ0n) is 7.45. The highest BCUT2D eigenvalue weighted by Crippen LogP contribution is 2.32. The van der Waals surface area contributed by atoms with Crippen LogP contribution in [-0.4, -0.2) is 30.2 Å². The van der Waals surface area contributed by atoms with Crippen molar-refractivity contribution in [3.05, 3.63) is 0 Å². The summed E-state index contributed by atoms with van der Waals surface area (Å²) >= 11 is 0. The second-order valence-electron chi connectivity index (χ2n) is 3.78. The number of ether oxygens (including phenoxy) is 1. The summed E-state index contributed by atoms with van der Waals surface area (Å²) < 4.78 is 5.21. The molecule has 3 fully saturated rings. The predicted molar refractivity (Wildman–Crippen MR) is 44.5 cm³/mol. The largest absolute Gasteiger partial charge is 0.447 e. The van der Waals surface area contributed by atoms with E-state index < -0.39 is 0 Å². The lowest BCUT2D eigenvalue weighted by Crippen LogP contribution is -2.50. The highest BCUT2D eigenvalue weighted by atomic mass is 16.6. The van der Waals surface area contributed by atoms with Gasteiger partial charge in [0.15, 0.2) is 6.23 Å². The van der Waals surface area contributed by atoms with Gasteiger partial charge in [0.1, 0.15) is 0 Å². The molecule has 0 spiro atoms. The van der Waals surface area contributed by atoms with E-state index in [2.05, 4.69) is 4.90 Å². The molecule has 0 aromatic heterocycles. The molecule has 0 aliphatic carbocycles. The van der Waals surface area contributed by atoms with Crippen LogP contribution >= 0.6 is 0 Å². The molecule has 0 saturated carbocycles. The number of esters is 1. The number of fused-ring (bicyclic) bond motifs is 3. The molecule has 3 heteroatoms. The maximum absolute atomic E-state index is 10.7. The van der Waals surface area contributed by atoms with Crippen molar-refractivity contribution in [1.29, 1.82) is 0 Å². The second-order valence-corrected chi connectivity index (χ2v) is 3.78. The summed E-state index contributed by atoms with van der Waals surface area (Å²) in [5.74, 6) is 0.659. The minimum absolute atomic E-state index is 0.0926. The fraction of sp³-hybridized carbons (Fsp3) is 0.889. The van der Waals surface area contributed by atoms with Crippen LogP contribution in [0.15, 0.2) is 0 Å². The molecular weight excluding hydrogens is 154 g/mol. The average Bonchev–Trinajstić information content (AvgIpc) is 2.05. The Bertz CT molecular complexity index is 185. The van der Waals surface area contributed by atoms with E-state index in [0.29, 0.717) is 0 Å². The first-order valence-corrected chi connectivity index (χ1v) is 4.67. The van der Waals surface area contributed by atoms with E-state index in [1.807, 2.05) is 0 Å². The van der Waals surface area contributed by atoms with Crippen LogP contribution in [0.3, 0.4) is 0 Å². The highest BCUT2D eigenvalue weighted by molar-refractivity contribution is 5.66. The zero-order chi connectivity index (χ0) is 8.55. The van der Waals surface area contributed by atoms with Crippen LogP contribution in [0, 0.1) is 5.92 Å². The number of rotatable bonds is 1. The van der Waals surface area contributed by atoms with Gasteiger partial charge in [-0.15, -0.1) is 0 Å². The van der Waals surface area contributed by atoms with Gasteiger partial charge in [-0.05, 0) is 18.8 Å². The van der Waals surface area contributed by atoms with Crippen molar-refractivity contribution < 1.29 is 9.53 Å². The molecule has 0 N–H and O–H groups in total. The first-order valence-electron chi connectivity index (χ1n) is 4.67. The van der Waals surface area contributed by atoms with E-state index in [1.54, 1.807) is 0 Å². The van der Waals surface area contributed by atoms with E-state index in [1.165, 1.54) is 19.8 Å². The lowest BCUT2D eigenvalue weighted by atomic mass is 9.87. The van der Waals surface area contributed by atoms with E-state index in [4.69, 9.17) is 4.74 Å². The topological polar surface area (TPSA) is 29.5 Å². The fourth-order valence-electron chi connectivity index (χ4n) is 2.23. The SMILES string of the molecule is CC(=O)OC1CC2CCN1CC2. The van der Waals surface area contributed by atoms with Gasteiger partial charge in [-0.1, -0.05) is 0 Å². The lowest BCUT2D eigenvalue weighted by molar-refractivity contribution is -0.167. The fourth-order valence-corrected chi connectivity index (χ4v) is 2.23. The van der Waals surface area contributed by atoms with Crippen molar-refractivity contribution in [3.8, 4) is 0 Å². The highest BCUT2D eigenvalue weighted by Gasteiger charge is 2.34. The maximum Gasteiger partial charge on any atom is 0.304 e. The molecule has 3 aliphatic rings. The van der Waals surface area contributed by atoms with Crippen LogP contribution in [0.25, 0.3) is 0 Å². The molecule has 3 heterocycles. The molecule has 2 bridgehead atoms. The van der Waals surface area contributed by atoms with E-state index in [9.17, 15) is 4.79 Å². The lowest BCUT2D eigenvalue weighted by Gasteiger charge is -2.44. The molecule has 68 valence electrons. The Labute approximate surface area is 72.7 Å². The summed E-state index contributed by atoms with van der Waals surface area (Å²) in [6.45, 7) is 3.72. The number of carbonyl (C=O) groups is 1. The Morgan fingerprint density at radius 3 is 2.50 bits per heavy atom. The van der Waals surface area contributed by atoms with Gasteiger partial charge < -0.3 is 4.74 Å². The molecule has 3 rings (SSSR count). The van der Waals surface area contributed by atoms with Crippen LogP contribution in [0.5, 0.6) is 0 Å². The maximum atomic E-state index is 10.7. The number of hydrogen-bond acceptors (Lipinski definition) is 3. The van der Waals surface area contributed by atoms with E-state index >= 15 is 0 Å². The van der Waals surface area contributed by atoms with Crippen molar-refractivity contribution in [2.24, 2.45) is 5.92 Å². The molecule has 3 aliphatic heterocycles. The quantitative estimate of drug-likeness (QED) is 0.548. The van der Waals surface area contributed by atoms with Gasteiger partial charge in [0.05, 0.1) is 0 Å². The molecule has 12 heavy (non-hydrogen) atoms. The van der Waals surface area contributed by atoms with Crippen LogP contribution in [-0.2, 0) is 9.53 Å². The van der Waals surface area contributed by atoms with Crippen LogP contribution in [0.1, 0.15) is 26.2 Å². The van der Waals surface area contributed by atoms with Crippen LogP contribution in [0.4, 0.5) is 0 Å². The third-order valence-electron chi connectivity index (χ3n) is 2.89. The number of hydrogen-bond donors (Lipinski definition) is 0. The minimum atomic E-state index is -0.146. The smallest absolute Gasteiger partial charge is 0.304 e. The molecule has 0 aromatic rings. The van der Waals surface area contributed by atoms with Crippen molar-refractivity contribution in [2.75, 3.05) is 13.1 Å². The van der Waals surface area contributed by atoms with Gasteiger partial charge in [0.25, 0.3) is 0 Å². The molecule has 1 unspecified atom stereocenters. The van der Waals surface area contributed by atoms with Crippen molar-refractivity contribution in [2.45, 2.75) is 32.4 Å². The molecule has 3 saturated heterocycles. The summed E-state index contributed by atoms with van der Waals surface area (Å²) in [6.07, 6.45) is 3.73. The Balaban J connectivity index is 1.95. The summed E-state index contributed by atoms with van der Waals surface area (Å²) in [6, 6.07) is 0. The number of piperidine rings is 3. The summed E-state index contributed by atoms with van der Waals surface area (Å²) in [4.78, 5) is 13.0. The Morgan fingerprint density at radius 1 is 1.42 bits per heavy atom. The molecule has 0 amide bonds. The number of carbonyl (C=O) groups excluding carboxylic acids is 1. The summed E-state index contributed by atoms with van der Waals surface area (Å²) in [7, 11) is 0. The van der Waals surface area contributed by atoms with Crippen LogP contribution < -0.4 is 0 Å². The van der Waals surface area contributed by atoms with Crippen LogP contribution in [0.2, 0.25) is 0 Å². The second kappa shape index (κ2) is 3.05. The van der Waals surface area contributed by atoms with Crippen molar-refractivity contribution >= 4 is 5.97 Å². The normalized spacial score (nSPS) is 39.6. The van der Waals surface area contributed by atoms with Gasteiger partial charge in [-0.25, -0.2) is 0 Å². The Morgan fingerprint density at radius 2 is 2.08 bits per heavy atom. The minimum Gasteiger partial charge on any atom is -0.447 e. The first-order chi connectivity index (χ1) is 5.75. The van der Waals surface area contributed by atoms with Gasteiger partial charge in [0, 0.05) is 26.4 Å². The first kappa shape index (κ1) is 8.05. The van der Waals surface area contributed by atoms with Crippen molar-refractivity contribution in [1.82, 2.24) is 4.90 Å². The standard InChI is InChI=1S/C9H15NO2/c1-7(11)12-9-6-8-2-4-10(9)5-3-8/h8-9H,2-6H2,1H3. The molecular formula is C9H15NO2. The summed E-state index contributed by atoms with van der Waals surface area (Å²) in [5, 5.41) is 0. The summed E-state index contributed by atoms with van der Waals surface area (Å²) in [5.41, 5.74) is 0. The Hall–Kier alpha value is -0.570. The molecule has 3 nitrogen and oxygen atoms in total. The van der Waals surface area contributed by atoms with Gasteiger partial charge in [-0.2, -0.15) is 0 Å². The molecule has 1 atom stereocenters. The van der Waals surface area contributed by atoms with Crippen molar-refractivity contribution in [3.63, 3.8) is 0 Å². The Kier molecular flexibility index (Phi) is 2.05. The molecule has 0 radical (unpaired) electrons. The number of nitrogens with zero attached hydrogens (tertiary/aromatic N) is 1. The average molecular weight is 169 g/mol. The van der Waals surface area contributed by atoms with Gasteiger partial charge >= 0.3 is 5.97 Å². The van der Waals surface area contributed by atoms with Gasteiger partial charge in [-0.3, -0.25) is 9.69 Å².